The van der Waals surface area contributed by atoms with Crippen LogP contribution in [0, 0.1) is 11.3 Å². The van der Waals surface area contributed by atoms with Crippen LogP contribution in [0.15, 0.2) is 18.2 Å². The Bertz CT molecular complexity index is 545. The van der Waals surface area contributed by atoms with Gasteiger partial charge in [0.15, 0.2) is 0 Å². The van der Waals surface area contributed by atoms with E-state index < -0.39 is 0 Å². The fourth-order valence-corrected chi connectivity index (χ4v) is 1.91. The molecule has 15 heavy (non-hydrogen) atoms. The van der Waals surface area contributed by atoms with E-state index in [0.717, 1.165) is 11.0 Å². The minimum absolute atomic E-state index is 0.490. The fourth-order valence-electron chi connectivity index (χ4n) is 1.91. The van der Waals surface area contributed by atoms with E-state index in [9.17, 15) is 0 Å². The summed E-state index contributed by atoms with van der Waals surface area (Å²) >= 11 is 0. The molecule has 0 aliphatic heterocycles. The van der Waals surface area contributed by atoms with E-state index in [-0.39, 0.29) is 0 Å². The summed E-state index contributed by atoms with van der Waals surface area (Å²) in [4.78, 5) is 0. The fraction of sp³-hybridized carbons (Fsp3) is 0.364. The maximum Gasteiger partial charge on any atom is 0.113 e. The smallest absolute Gasteiger partial charge is 0.113 e. The first kappa shape index (κ1) is 8.42. The third-order valence-corrected chi connectivity index (χ3v) is 3.02. The second-order valence-electron chi connectivity index (χ2n) is 3.93. The molecule has 2 aromatic rings. The first-order valence-corrected chi connectivity index (χ1v) is 5.13. The summed E-state index contributed by atoms with van der Waals surface area (Å²) in [5.41, 5.74) is 2.53. The average molecular weight is 198 g/mol. The largest absolute Gasteiger partial charge is 0.242 e. The zero-order chi connectivity index (χ0) is 10.3. The highest BCUT2D eigenvalue weighted by molar-refractivity contribution is 5.76. The van der Waals surface area contributed by atoms with Crippen molar-refractivity contribution in [1.82, 2.24) is 15.0 Å². The number of aromatic nitrogens is 3. The number of nitrogens with zero attached hydrogens (tertiary/aromatic N) is 4. The second-order valence-corrected chi connectivity index (χ2v) is 3.93. The molecule has 0 unspecified atom stereocenters. The first-order chi connectivity index (χ1) is 7.38. The highest BCUT2D eigenvalue weighted by Crippen LogP contribution is 2.32. The van der Waals surface area contributed by atoms with Crippen LogP contribution in [0.3, 0.4) is 0 Å². The molecule has 0 atom stereocenters. The number of hydrogen-bond acceptors (Lipinski definition) is 3. The first-order valence-electron chi connectivity index (χ1n) is 5.13. The molecule has 0 spiro atoms. The summed E-state index contributed by atoms with van der Waals surface area (Å²) < 4.78 is 1.96. The molecule has 4 heteroatoms. The maximum absolute atomic E-state index is 8.84. The Morgan fingerprint density at radius 2 is 2.27 bits per heavy atom. The highest BCUT2D eigenvalue weighted by Gasteiger charge is 2.22. The number of hydrogen-bond donors (Lipinski definition) is 0. The normalized spacial score (nSPS) is 16.2. The van der Waals surface area contributed by atoms with Crippen LogP contribution in [0.25, 0.3) is 11.0 Å². The molecule has 1 fully saturated rings. The number of rotatable bonds is 1. The van der Waals surface area contributed by atoms with Gasteiger partial charge in [0.25, 0.3) is 0 Å². The third kappa shape index (κ3) is 1.20. The second kappa shape index (κ2) is 3.06. The summed E-state index contributed by atoms with van der Waals surface area (Å²) in [6, 6.07) is 8.14. The summed E-state index contributed by atoms with van der Waals surface area (Å²) in [5.74, 6) is 0. The standard InChI is InChI=1S/C11H10N4/c12-7-8-4-5-10-11(6-8)15(14-13-10)9-2-1-3-9/h4-6,9H,1-3H2. The lowest BCUT2D eigenvalue weighted by molar-refractivity contribution is 0.292. The lowest BCUT2D eigenvalue weighted by Gasteiger charge is -2.25. The molecule has 0 N–H and O–H groups in total. The van der Waals surface area contributed by atoms with E-state index in [0.29, 0.717) is 11.6 Å². The van der Waals surface area contributed by atoms with Gasteiger partial charge in [-0.15, -0.1) is 5.10 Å². The molecule has 74 valence electrons. The van der Waals surface area contributed by atoms with Crippen LogP contribution < -0.4 is 0 Å². The lowest BCUT2D eigenvalue weighted by atomic mass is 9.93. The van der Waals surface area contributed by atoms with Crippen LogP contribution in [0.1, 0.15) is 30.9 Å². The quantitative estimate of drug-likeness (QED) is 0.704. The van der Waals surface area contributed by atoms with Crippen LogP contribution in [0.2, 0.25) is 0 Å². The Hall–Kier alpha value is -1.89. The molecule has 1 saturated carbocycles. The molecule has 0 amide bonds. The monoisotopic (exact) mass is 198 g/mol. The zero-order valence-electron chi connectivity index (χ0n) is 8.22. The molecule has 1 aliphatic rings. The van der Waals surface area contributed by atoms with Crippen molar-refractivity contribution in [2.24, 2.45) is 0 Å². The molecule has 1 heterocycles. The molecule has 0 radical (unpaired) electrons. The van der Waals surface area contributed by atoms with Crippen LogP contribution in [-0.4, -0.2) is 15.0 Å². The van der Waals surface area contributed by atoms with Gasteiger partial charge in [0, 0.05) is 0 Å². The molecule has 1 aromatic heterocycles. The van der Waals surface area contributed by atoms with Gasteiger partial charge in [-0.2, -0.15) is 5.26 Å². The molecule has 4 nitrogen and oxygen atoms in total. The maximum atomic E-state index is 8.84. The van der Waals surface area contributed by atoms with Crippen molar-refractivity contribution in [2.75, 3.05) is 0 Å². The van der Waals surface area contributed by atoms with E-state index in [1.165, 1.54) is 19.3 Å². The Morgan fingerprint density at radius 1 is 1.40 bits per heavy atom. The Morgan fingerprint density at radius 3 is 2.93 bits per heavy atom. The van der Waals surface area contributed by atoms with Crippen molar-refractivity contribution in [2.45, 2.75) is 25.3 Å². The van der Waals surface area contributed by atoms with Crippen molar-refractivity contribution in [3.8, 4) is 6.07 Å². The Labute approximate surface area is 87.1 Å². The molecule has 1 aromatic carbocycles. The van der Waals surface area contributed by atoms with Gasteiger partial charge in [0.05, 0.1) is 23.2 Å². The van der Waals surface area contributed by atoms with E-state index in [1.807, 2.05) is 16.8 Å². The number of benzene rings is 1. The van der Waals surface area contributed by atoms with Crippen molar-refractivity contribution < 1.29 is 0 Å². The van der Waals surface area contributed by atoms with Gasteiger partial charge in [-0.3, -0.25) is 0 Å². The summed E-state index contributed by atoms with van der Waals surface area (Å²) in [7, 11) is 0. The molecule has 0 saturated heterocycles. The molecule has 0 bridgehead atoms. The molecular weight excluding hydrogens is 188 g/mol. The average Bonchev–Trinajstić information content (AvgIpc) is 2.59. The van der Waals surface area contributed by atoms with Gasteiger partial charge in [-0.05, 0) is 37.5 Å². The van der Waals surface area contributed by atoms with E-state index in [1.54, 1.807) is 6.07 Å². The third-order valence-electron chi connectivity index (χ3n) is 3.02. The molecule has 1 aliphatic carbocycles. The van der Waals surface area contributed by atoms with E-state index in [4.69, 9.17) is 5.26 Å². The van der Waals surface area contributed by atoms with Crippen molar-refractivity contribution in [3.05, 3.63) is 23.8 Å². The van der Waals surface area contributed by atoms with Crippen LogP contribution in [0.5, 0.6) is 0 Å². The Kier molecular flexibility index (Phi) is 1.72. The van der Waals surface area contributed by atoms with Crippen LogP contribution >= 0.6 is 0 Å². The van der Waals surface area contributed by atoms with E-state index in [2.05, 4.69) is 16.4 Å². The lowest BCUT2D eigenvalue weighted by Crippen LogP contribution is -2.18. The summed E-state index contributed by atoms with van der Waals surface area (Å²) in [6.45, 7) is 0. The molecule has 3 rings (SSSR count). The minimum Gasteiger partial charge on any atom is -0.242 e. The van der Waals surface area contributed by atoms with Crippen molar-refractivity contribution >= 4 is 11.0 Å². The van der Waals surface area contributed by atoms with Crippen molar-refractivity contribution in [1.29, 1.82) is 5.26 Å². The Balaban J connectivity index is 2.18. The number of fused-ring (bicyclic) bond motifs is 1. The highest BCUT2D eigenvalue weighted by atomic mass is 15.4. The SMILES string of the molecule is N#Cc1ccc2nnn(C3CCC3)c2c1. The molecular formula is C11H10N4. The topological polar surface area (TPSA) is 54.5 Å². The minimum atomic E-state index is 0.490. The van der Waals surface area contributed by atoms with Gasteiger partial charge in [-0.1, -0.05) is 5.21 Å². The predicted octanol–water partition coefficient (Wildman–Crippen LogP) is 2.03. The predicted molar refractivity (Wildman–Crippen MR) is 55.1 cm³/mol. The van der Waals surface area contributed by atoms with Gasteiger partial charge in [0.1, 0.15) is 5.52 Å². The van der Waals surface area contributed by atoms with Crippen LogP contribution in [-0.2, 0) is 0 Å². The van der Waals surface area contributed by atoms with E-state index >= 15 is 0 Å². The zero-order valence-corrected chi connectivity index (χ0v) is 8.22. The van der Waals surface area contributed by atoms with Crippen molar-refractivity contribution in [3.63, 3.8) is 0 Å². The van der Waals surface area contributed by atoms with Gasteiger partial charge < -0.3 is 0 Å². The van der Waals surface area contributed by atoms with Gasteiger partial charge >= 0.3 is 0 Å². The summed E-state index contributed by atoms with van der Waals surface area (Å²) in [5, 5.41) is 17.1. The van der Waals surface area contributed by atoms with Gasteiger partial charge in [0.2, 0.25) is 0 Å². The number of nitriles is 1. The van der Waals surface area contributed by atoms with Gasteiger partial charge in [-0.25, -0.2) is 4.68 Å². The van der Waals surface area contributed by atoms with Crippen LogP contribution in [0.4, 0.5) is 0 Å². The summed E-state index contributed by atoms with van der Waals surface area (Å²) in [6.07, 6.45) is 3.62.